The summed E-state index contributed by atoms with van der Waals surface area (Å²) >= 11 is 0. The van der Waals surface area contributed by atoms with Crippen LogP contribution in [0.4, 0.5) is 0 Å². The molecule has 49 heavy (non-hydrogen) atoms. The second-order valence-electron chi connectivity index (χ2n) is 13.0. The maximum Gasteiger partial charge on any atom is 0.0562 e. The van der Waals surface area contributed by atoms with Crippen molar-refractivity contribution in [3.63, 3.8) is 0 Å². The molecule has 3 aromatic heterocycles. The lowest BCUT2D eigenvalue weighted by atomic mass is 10.0. The first kappa shape index (κ1) is 26.5. The van der Waals surface area contributed by atoms with E-state index in [9.17, 15) is 0 Å². The molecule has 8 aromatic carbocycles. The van der Waals surface area contributed by atoms with E-state index in [1.54, 1.807) is 0 Å². The normalized spacial score (nSPS) is 12.1. The Hall–Kier alpha value is -6.58. The van der Waals surface area contributed by atoms with E-state index in [-0.39, 0.29) is 0 Å². The third-order valence-electron chi connectivity index (χ3n) is 10.4. The zero-order valence-corrected chi connectivity index (χ0v) is 26.6. The Morgan fingerprint density at radius 2 is 0.694 bits per heavy atom. The minimum atomic E-state index is 1.16. The fourth-order valence-corrected chi connectivity index (χ4v) is 8.34. The molecule has 3 nitrogen and oxygen atoms in total. The molecule has 3 heterocycles. The predicted molar refractivity (Wildman–Crippen MR) is 207 cm³/mol. The van der Waals surface area contributed by atoms with E-state index in [2.05, 4.69) is 190 Å². The van der Waals surface area contributed by atoms with E-state index in [4.69, 9.17) is 0 Å². The highest BCUT2D eigenvalue weighted by Crippen LogP contribution is 2.42. The number of rotatable bonds is 3. The molecule has 3 heteroatoms. The van der Waals surface area contributed by atoms with E-state index in [1.807, 2.05) is 0 Å². The lowest BCUT2D eigenvalue weighted by Gasteiger charge is -2.12. The Labute approximate surface area is 282 Å². The predicted octanol–water partition coefficient (Wildman–Crippen LogP) is 12.1. The van der Waals surface area contributed by atoms with Crippen LogP contribution in [0.25, 0.3) is 93.3 Å². The highest BCUT2D eigenvalue weighted by atomic mass is 15.0. The smallest absolute Gasteiger partial charge is 0.0562 e. The zero-order chi connectivity index (χ0) is 32.1. The van der Waals surface area contributed by atoms with Crippen molar-refractivity contribution in [2.24, 2.45) is 0 Å². The number of hydrogen-bond donors (Lipinski definition) is 0. The van der Waals surface area contributed by atoms with Crippen molar-refractivity contribution in [1.29, 1.82) is 0 Å². The first-order valence-electron chi connectivity index (χ1n) is 16.9. The molecule has 0 aliphatic heterocycles. The molecule has 0 unspecified atom stereocenters. The van der Waals surface area contributed by atoms with Crippen molar-refractivity contribution in [2.75, 3.05) is 0 Å². The Morgan fingerprint density at radius 1 is 0.265 bits per heavy atom. The first-order valence-corrected chi connectivity index (χ1v) is 16.9. The van der Waals surface area contributed by atoms with Crippen LogP contribution in [-0.4, -0.2) is 13.7 Å². The topological polar surface area (TPSA) is 14.8 Å². The minimum Gasteiger partial charge on any atom is -0.309 e. The van der Waals surface area contributed by atoms with Crippen LogP contribution in [-0.2, 0) is 0 Å². The summed E-state index contributed by atoms with van der Waals surface area (Å²) in [6.07, 6.45) is 0. The average Bonchev–Trinajstić information content (AvgIpc) is 3.79. The molecule has 0 bridgehead atoms. The van der Waals surface area contributed by atoms with Gasteiger partial charge in [-0.25, -0.2) is 0 Å². The number of nitrogens with zero attached hydrogens (tertiary/aromatic N) is 3. The Balaban J connectivity index is 1.27. The average molecular weight is 624 g/mol. The van der Waals surface area contributed by atoms with Gasteiger partial charge in [-0.15, -0.1) is 0 Å². The van der Waals surface area contributed by atoms with Crippen molar-refractivity contribution in [2.45, 2.75) is 0 Å². The van der Waals surface area contributed by atoms with Gasteiger partial charge in [0.15, 0.2) is 0 Å². The third-order valence-corrected chi connectivity index (χ3v) is 10.4. The molecule has 0 N–H and O–H groups in total. The monoisotopic (exact) mass is 623 g/mol. The van der Waals surface area contributed by atoms with Crippen molar-refractivity contribution in [3.05, 3.63) is 176 Å². The number of hydrogen-bond acceptors (Lipinski definition) is 0. The summed E-state index contributed by atoms with van der Waals surface area (Å²) in [5.41, 5.74) is 10.8. The molecule has 0 radical (unpaired) electrons. The fourth-order valence-electron chi connectivity index (χ4n) is 8.34. The SMILES string of the molecule is c1ccc(-n2c3ccccc3c3cc4cc5c6ccccc6n(-c6cccc7c6c6ccccc6n7-c6ccccc6)c5cc4cc32)cc1. The molecule has 228 valence electrons. The second-order valence-corrected chi connectivity index (χ2v) is 13.0. The van der Waals surface area contributed by atoms with E-state index in [0.29, 0.717) is 0 Å². The van der Waals surface area contributed by atoms with Gasteiger partial charge in [0.1, 0.15) is 0 Å². The molecule has 0 fully saturated rings. The van der Waals surface area contributed by atoms with Gasteiger partial charge >= 0.3 is 0 Å². The lowest BCUT2D eigenvalue weighted by molar-refractivity contribution is 1.17. The quantitative estimate of drug-likeness (QED) is 0.186. The van der Waals surface area contributed by atoms with Gasteiger partial charge in [-0.1, -0.05) is 97.1 Å². The van der Waals surface area contributed by atoms with Gasteiger partial charge in [0.05, 0.1) is 38.8 Å². The lowest BCUT2D eigenvalue weighted by Crippen LogP contribution is -1.96. The molecular weight excluding hydrogens is 595 g/mol. The molecule has 0 aliphatic rings. The van der Waals surface area contributed by atoms with Crippen LogP contribution in [0.5, 0.6) is 0 Å². The Morgan fingerprint density at radius 3 is 1.31 bits per heavy atom. The van der Waals surface area contributed by atoms with Crippen LogP contribution in [0, 0.1) is 0 Å². The molecule has 11 rings (SSSR count). The van der Waals surface area contributed by atoms with Gasteiger partial charge in [-0.2, -0.15) is 0 Å². The maximum absolute atomic E-state index is 2.49. The van der Waals surface area contributed by atoms with Gasteiger partial charge in [-0.3, -0.25) is 0 Å². The van der Waals surface area contributed by atoms with Crippen molar-refractivity contribution in [1.82, 2.24) is 13.7 Å². The Kier molecular flexibility index (Phi) is 5.38. The van der Waals surface area contributed by atoms with Crippen LogP contribution in [0.15, 0.2) is 176 Å². The summed E-state index contributed by atoms with van der Waals surface area (Å²) in [5.74, 6) is 0. The van der Waals surface area contributed by atoms with E-state index in [1.165, 1.54) is 87.6 Å². The van der Waals surface area contributed by atoms with Gasteiger partial charge in [0, 0.05) is 43.7 Å². The second kappa shape index (κ2) is 9.96. The molecule has 0 amide bonds. The number of para-hydroxylation sites is 5. The molecule has 11 aromatic rings. The zero-order valence-electron chi connectivity index (χ0n) is 26.6. The summed E-state index contributed by atoms with van der Waals surface area (Å²) in [6.45, 7) is 0. The fraction of sp³-hybridized carbons (Fsp3) is 0. The maximum atomic E-state index is 2.49. The summed E-state index contributed by atoms with van der Waals surface area (Å²) in [7, 11) is 0. The first-order chi connectivity index (χ1) is 24.3. The molecule has 0 spiro atoms. The summed E-state index contributed by atoms with van der Waals surface area (Å²) in [4.78, 5) is 0. The standard InChI is InChI=1S/C46H29N3/c1-3-14-32(15-4-1)47-41-23-12-9-20-36(41)46-42(47)24-13-25-43(46)49-40-22-11-8-19-35(40)38-27-30-26-37-34-18-7-10-21-39(34)48(33-16-5-2-6-17-33)44(37)28-31(30)29-45(38)49/h1-29H. The minimum absolute atomic E-state index is 1.16. The number of fused-ring (bicyclic) bond motifs is 10. The summed E-state index contributed by atoms with van der Waals surface area (Å²) < 4.78 is 7.30. The van der Waals surface area contributed by atoms with Gasteiger partial charge in [0.2, 0.25) is 0 Å². The van der Waals surface area contributed by atoms with E-state index < -0.39 is 0 Å². The molecule has 0 saturated heterocycles. The summed E-state index contributed by atoms with van der Waals surface area (Å²) in [6, 6.07) is 64.2. The Bertz CT molecular complexity index is 3090. The van der Waals surface area contributed by atoms with Crippen molar-refractivity contribution < 1.29 is 0 Å². The highest BCUT2D eigenvalue weighted by Gasteiger charge is 2.20. The van der Waals surface area contributed by atoms with Gasteiger partial charge < -0.3 is 13.7 Å². The van der Waals surface area contributed by atoms with Gasteiger partial charge in [0.25, 0.3) is 0 Å². The molecule has 0 atom stereocenters. The number of benzene rings is 8. The van der Waals surface area contributed by atoms with Crippen LogP contribution < -0.4 is 0 Å². The van der Waals surface area contributed by atoms with Crippen LogP contribution >= 0.6 is 0 Å². The molecule has 0 aliphatic carbocycles. The summed E-state index contributed by atoms with van der Waals surface area (Å²) in [5, 5.41) is 10.0. The highest BCUT2D eigenvalue weighted by molar-refractivity contribution is 6.20. The van der Waals surface area contributed by atoms with Crippen LogP contribution in [0.1, 0.15) is 0 Å². The largest absolute Gasteiger partial charge is 0.309 e. The van der Waals surface area contributed by atoms with Crippen molar-refractivity contribution in [3.8, 4) is 17.1 Å². The van der Waals surface area contributed by atoms with Gasteiger partial charge in [-0.05, 0) is 89.6 Å². The van der Waals surface area contributed by atoms with Crippen molar-refractivity contribution >= 4 is 76.2 Å². The van der Waals surface area contributed by atoms with E-state index in [0.717, 1.165) is 5.69 Å². The van der Waals surface area contributed by atoms with Crippen LogP contribution in [0.2, 0.25) is 0 Å². The third kappa shape index (κ3) is 3.67. The van der Waals surface area contributed by atoms with E-state index >= 15 is 0 Å². The molecule has 0 saturated carbocycles. The number of aromatic nitrogens is 3. The van der Waals surface area contributed by atoms with Crippen LogP contribution in [0.3, 0.4) is 0 Å². The molecular formula is C46H29N3.